The second-order valence-electron chi connectivity index (χ2n) is 4.35. The number of nitrogens with zero attached hydrogens (tertiary/aromatic N) is 3. The lowest BCUT2D eigenvalue weighted by Crippen LogP contribution is -2.28. The fraction of sp³-hybridized carbons (Fsp3) is 0.455. The molecule has 20 heavy (non-hydrogen) atoms. The molecule has 3 N–H and O–H groups in total. The Morgan fingerprint density at radius 1 is 1.45 bits per heavy atom. The van der Waals surface area contributed by atoms with Gasteiger partial charge in [0.05, 0.1) is 6.20 Å². The van der Waals surface area contributed by atoms with E-state index in [1.165, 1.54) is 6.20 Å². The van der Waals surface area contributed by atoms with Gasteiger partial charge in [0.25, 0.3) is 10.0 Å². The van der Waals surface area contributed by atoms with Crippen molar-refractivity contribution in [3.63, 3.8) is 0 Å². The second-order valence-corrected chi connectivity index (χ2v) is 6.05. The lowest BCUT2D eigenvalue weighted by molar-refractivity contribution is 0.573. The van der Waals surface area contributed by atoms with Crippen LogP contribution in [0.1, 0.15) is 11.3 Å². The first kappa shape index (κ1) is 14.7. The fourth-order valence-corrected chi connectivity index (χ4v) is 3.04. The summed E-state index contributed by atoms with van der Waals surface area (Å²) >= 11 is 0. The van der Waals surface area contributed by atoms with Crippen molar-refractivity contribution in [1.29, 1.82) is 0 Å². The highest BCUT2D eigenvalue weighted by molar-refractivity contribution is 7.89. The largest absolute Gasteiger partial charge is 0.316 e. The van der Waals surface area contributed by atoms with Gasteiger partial charge in [-0.2, -0.15) is 10.2 Å². The van der Waals surface area contributed by atoms with Crippen LogP contribution in [0.25, 0.3) is 0 Å². The molecule has 0 aliphatic rings. The van der Waals surface area contributed by atoms with Gasteiger partial charge in [0, 0.05) is 44.0 Å². The molecule has 0 saturated heterocycles. The molecule has 0 spiro atoms. The van der Waals surface area contributed by atoms with Crippen LogP contribution in [0.5, 0.6) is 0 Å². The first-order valence-electron chi connectivity index (χ1n) is 6.18. The van der Waals surface area contributed by atoms with Crippen LogP contribution < -0.4 is 10.0 Å². The number of aryl methyl sites for hydroxylation is 1. The van der Waals surface area contributed by atoms with E-state index in [1.54, 1.807) is 17.9 Å². The van der Waals surface area contributed by atoms with Crippen molar-refractivity contribution in [2.45, 2.75) is 18.0 Å². The van der Waals surface area contributed by atoms with Crippen molar-refractivity contribution >= 4 is 10.0 Å². The third-order valence-corrected chi connectivity index (χ3v) is 4.38. The molecule has 0 aliphatic carbocycles. The Kier molecular flexibility index (Phi) is 4.53. The molecule has 0 amide bonds. The van der Waals surface area contributed by atoms with E-state index < -0.39 is 10.0 Å². The van der Waals surface area contributed by atoms with E-state index in [0.29, 0.717) is 25.1 Å². The lowest BCUT2D eigenvalue weighted by atomic mass is 10.3. The predicted molar refractivity (Wildman–Crippen MR) is 73.5 cm³/mol. The highest BCUT2D eigenvalue weighted by Crippen LogP contribution is 2.11. The Bertz CT molecular complexity index is 660. The van der Waals surface area contributed by atoms with Crippen LogP contribution in [-0.2, 0) is 30.0 Å². The van der Waals surface area contributed by atoms with Gasteiger partial charge in [-0.25, -0.2) is 13.1 Å². The van der Waals surface area contributed by atoms with Crippen molar-refractivity contribution in [1.82, 2.24) is 30.0 Å². The zero-order chi connectivity index (χ0) is 14.6. The molecule has 0 saturated carbocycles. The number of H-pyrrole nitrogens is 1. The summed E-state index contributed by atoms with van der Waals surface area (Å²) in [5, 5.41) is 13.4. The van der Waals surface area contributed by atoms with E-state index in [0.717, 1.165) is 5.69 Å². The molecule has 0 aliphatic heterocycles. The van der Waals surface area contributed by atoms with Crippen LogP contribution in [0.15, 0.2) is 23.5 Å². The van der Waals surface area contributed by atoms with Crippen LogP contribution in [0.2, 0.25) is 0 Å². The number of hydrogen-bond acceptors (Lipinski definition) is 5. The maximum absolute atomic E-state index is 12.2. The molecular weight excluding hydrogens is 280 g/mol. The van der Waals surface area contributed by atoms with Crippen molar-refractivity contribution in [3.8, 4) is 0 Å². The molecular formula is C11H18N6O2S. The van der Waals surface area contributed by atoms with Crippen molar-refractivity contribution in [2.24, 2.45) is 7.05 Å². The summed E-state index contributed by atoms with van der Waals surface area (Å²) < 4.78 is 28.6. The molecule has 0 radical (unpaired) electrons. The number of rotatable bonds is 7. The number of aromatic amines is 1. The SMILES string of the molecule is CNCc1cn[nH]c1S(=O)(=O)NCCc1ccnn1C. The summed E-state index contributed by atoms with van der Waals surface area (Å²) in [5.74, 6) is 0. The maximum Gasteiger partial charge on any atom is 0.257 e. The van der Waals surface area contributed by atoms with Gasteiger partial charge in [0.2, 0.25) is 0 Å². The Morgan fingerprint density at radius 2 is 2.25 bits per heavy atom. The minimum absolute atomic E-state index is 0.108. The Hall–Kier alpha value is -1.71. The highest BCUT2D eigenvalue weighted by atomic mass is 32.2. The average Bonchev–Trinajstić information content (AvgIpc) is 3.00. The van der Waals surface area contributed by atoms with Gasteiger partial charge >= 0.3 is 0 Å². The standard InChI is InChI=1S/C11H18N6O2S/c1-12-7-9-8-13-16-11(9)20(18,19)15-6-4-10-3-5-14-17(10)2/h3,5,8,12,15H,4,6-7H2,1-2H3,(H,13,16). The molecule has 0 atom stereocenters. The summed E-state index contributed by atoms with van der Waals surface area (Å²) in [4.78, 5) is 0. The lowest BCUT2D eigenvalue weighted by Gasteiger charge is -2.07. The molecule has 2 aromatic heterocycles. The molecule has 0 unspecified atom stereocenters. The summed E-state index contributed by atoms with van der Waals surface area (Å²) in [5.41, 5.74) is 1.58. The molecule has 110 valence electrons. The van der Waals surface area contributed by atoms with Gasteiger partial charge in [0.1, 0.15) is 0 Å². The van der Waals surface area contributed by atoms with Gasteiger partial charge in [-0.1, -0.05) is 0 Å². The average molecular weight is 298 g/mol. The van der Waals surface area contributed by atoms with Gasteiger partial charge in [-0.3, -0.25) is 9.78 Å². The number of sulfonamides is 1. The van der Waals surface area contributed by atoms with Crippen LogP contribution >= 0.6 is 0 Å². The molecule has 0 fully saturated rings. The van der Waals surface area contributed by atoms with E-state index in [1.807, 2.05) is 13.1 Å². The van der Waals surface area contributed by atoms with Gasteiger partial charge in [-0.05, 0) is 13.1 Å². The Balaban J connectivity index is 2.00. The molecule has 2 rings (SSSR count). The van der Waals surface area contributed by atoms with E-state index in [-0.39, 0.29) is 5.03 Å². The van der Waals surface area contributed by atoms with Crippen LogP contribution in [0, 0.1) is 0 Å². The molecule has 2 aromatic rings. The third-order valence-electron chi connectivity index (χ3n) is 2.91. The Labute approximate surface area is 117 Å². The smallest absolute Gasteiger partial charge is 0.257 e. The number of aromatic nitrogens is 4. The zero-order valence-electron chi connectivity index (χ0n) is 11.4. The van der Waals surface area contributed by atoms with Crippen molar-refractivity contribution < 1.29 is 8.42 Å². The summed E-state index contributed by atoms with van der Waals surface area (Å²) in [6.07, 6.45) is 3.77. The second kappa shape index (κ2) is 6.16. The Morgan fingerprint density at radius 3 is 2.90 bits per heavy atom. The van der Waals surface area contributed by atoms with E-state index in [2.05, 4.69) is 25.3 Å². The molecule has 2 heterocycles. The quantitative estimate of drug-likeness (QED) is 0.632. The normalized spacial score (nSPS) is 11.9. The first-order chi connectivity index (χ1) is 9.54. The monoisotopic (exact) mass is 298 g/mol. The van der Waals surface area contributed by atoms with Gasteiger partial charge < -0.3 is 5.32 Å². The summed E-state index contributed by atoms with van der Waals surface area (Å²) in [6.45, 7) is 0.744. The minimum atomic E-state index is -3.57. The highest BCUT2D eigenvalue weighted by Gasteiger charge is 2.19. The van der Waals surface area contributed by atoms with E-state index in [4.69, 9.17) is 0 Å². The van der Waals surface area contributed by atoms with Crippen LogP contribution in [-0.4, -0.2) is 42.0 Å². The van der Waals surface area contributed by atoms with E-state index >= 15 is 0 Å². The molecule has 9 heteroatoms. The topological polar surface area (TPSA) is 105 Å². The maximum atomic E-state index is 12.2. The summed E-state index contributed by atoms with van der Waals surface area (Å²) in [7, 11) is -0.00119. The van der Waals surface area contributed by atoms with Gasteiger partial charge in [0.15, 0.2) is 5.03 Å². The summed E-state index contributed by atoms with van der Waals surface area (Å²) in [6, 6.07) is 1.86. The fourth-order valence-electron chi connectivity index (χ4n) is 1.88. The number of nitrogens with one attached hydrogen (secondary N) is 3. The zero-order valence-corrected chi connectivity index (χ0v) is 12.2. The first-order valence-corrected chi connectivity index (χ1v) is 7.66. The molecule has 8 nitrogen and oxygen atoms in total. The third kappa shape index (κ3) is 3.24. The van der Waals surface area contributed by atoms with Crippen LogP contribution in [0.3, 0.4) is 0 Å². The van der Waals surface area contributed by atoms with E-state index in [9.17, 15) is 8.42 Å². The van der Waals surface area contributed by atoms with Crippen molar-refractivity contribution in [3.05, 3.63) is 29.7 Å². The number of hydrogen-bond donors (Lipinski definition) is 3. The molecule has 0 aromatic carbocycles. The molecule has 0 bridgehead atoms. The van der Waals surface area contributed by atoms with Gasteiger partial charge in [-0.15, -0.1) is 0 Å². The van der Waals surface area contributed by atoms with Crippen molar-refractivity contribution in [2.75, 3.05) is 13.6 Å². The van der Waals surface area contributed by atoms with Crippen LogP contribution in [0.4, 0.5) is 0 Å². The minimum Gasteiger partial charge on any atom is -0.316 e. The predicted octanol–water partition coefficient (Wildman–Crippen LogP) is -0.616.